The monoisotopic (exact) mass is 589 g/mol. The van der Waals surface area contributed by atoms with Gasteiger partial charge < -0.3 is 14.2 Å². The van der Waals surface area contributed by atoms with E-state index < -0.39 is 5.97 Å². The van der Waals surface area contributed by atoms with Crippen LogP contribution in [0.5, 0.6) is 11.5 Å². The lowest BCUT2D eigenvalue weighted by molar-refractivity contribution is -0.129. The van der Waals surface area contributed by atoms with Gasteiger partial charge in [0, 0.05) is 19.2 Å². The van der Waals surface area contributed by atoms with Crippen molar-refractivity contribution < 1.29 is 19.0 Å². The third kappa shape index (κ3) is 5.16. The fraction of sp³-hybridized carbons (Fsp3) is 0.0833. The second-order valence-electron chi connectivity index (χ2n) is 6.63. The molecular weight excluding hydrogens is 573 g/mol. The van der Waals surface area contributed by atoms with Gasteiger partial charge in [0.15, 0.2) is 17.2 Å². The van der Waals surface area contributed by atoms with E-state index in [1.165, 1.54) is 0 Å². The fourth-order valence-corrected chi connectivity index (χ4v) is 3.75. The Morgan fingerprint density at radius 3 is 2.58 bits per heavy atom. The predicted octanol–water partition coefficient (Wildman–Crippen LogP) is 5.99. The van der Waals surface area contributed by atoms with Crippen molar-refractivity contribution in [1.29, 1.82) is 0 Å². The fourth-order valence-electron chi connectivity index (χ4n) is 2.95. The van der Waals surface area contributed by atoms with Crippen molar-refractivity contribution in [3.63, 3.8) is 0 Å². The molecule has 5 nitrogen and oxygen atoms in total. The zero-order valence-corrected chi connectivity index (χ0v) is 20.2. The van der Waals surface area contributed by atoms with Crippen LogP contribution in [0.15, 0.2) is 81.9 Å². The lowest BCUT2D eigenvalue weighted by atomic mass is 10.1. The summed E-state index contributed by atoms with van der Waals surface area (Å²) >= 11 is 5.67. The molecule has 0 amide bonds. The molecule has 0 unspecified atom stereocenters. The van der Waals surface area contributed by atoms with Crippen molar-refractivity contribution in [2.24, 2.45) is 4.99 Å². The summed E-state index contributed by atoms with van der Waals surface area (Å²) in [6.07, 6.45) is 1.67. The summed E-state index contributed by atoms with van der Waals surface area (Å²) in [6, 6.07) is 20.9. The molecule has 0 aliphatic carbocycles. The number of esters is 1. The number of cyclic esters (lactones) is 1. The van der Waals surface area contributed by atoms with Gasteiger partial charge in [0.05, 0.1) is 7.11 Å². The van der Waals surface area contributed by atoms with Gasteiger partial charge in [-0.3, -0.25) is 0 Å². The van der Waals surface area contributed by atoms with E-state index in [2.05, 4.69) is 43.5 Å². The van der Waals surface area contributed by atoms with Crippen LogP contribution in [0.25, 0.3) is 6.08 Å². The average Bonchev–Trinajstić information content (AvgIpc) is 3.14. The van der Waals surface area contributed by atoms with Crippen molar-refractivity contribution in [3.8, 4) is 11.5 Å². The summed E-state index contributed by atoms with van der Waals surface area (Å²) in [4.78, 5) is 16.6. The molecule has 0 N–H and O–H groups in total. The van der Waals surface area contributed by atoms with E-state index in [1.54, 1.807) is 19.3 Å². The van der Waals surface area contributed by atoms with Crippen LogP contribution in [0, 0.1) is 3.57 Å². The van der Waals surface area contributed by atoms with Gasteiger partial charge in [-0.1, -0.05) is 40.2 Å². The molecule has 0 radical (unpaired) electrons. The third-order valence-electron chi connectivity index (χ3n) is 4.54. The molecule has 31 heavy (non-hydrogen) atoms. The highest BCUT2D eigenvalue weighted by Crippen LogP contribution is 2.31. The summed E-state index contributed by atoms with van der Waals surface area (Å²) in [7, 11) is 1.58. The van der Waals surface area contributed by atoms with Crippen molar-refractivity contribution >= 4 is 56.5 Å². The van der Waals surface area contributed by atoms with Gasteiger partial charge in [0.2, 0.25) is 5.90 Å². The smallest absolute Gasteiger partial charge is 0.363 e. The first-order chi connectivity index (χ1) is 15.0. The average molecular weight is 590 g/mol. The highest BCUT2D eigenvalue weighted by Gasteiger charge is 2.24. The largest absolute Gasteiger partial charge is 0.493 e. The minimum Gasteiger partial charge on any atom is -0.493 e. The summed E-state index contributed by atoms with van der Waals surface area (Å²) in [5.41, 5.74) is 2.82. The highest BCUT2D eigenvalue weighted by atomic mass is 127. The zero-order chi connectivity index (χ0) is 21.8. The van der Waals surface area contributed by atoms with E-state index in [1.807, 2.05) is 60.7 Å². The third-order valence-corrected chi connectivity index (χ3v) is 6.12. The van der Waals surface area contributed by atoms with E-state index >= 15 is 0 Å². The second kappa shape index (κ2) is 9.65. The number of aliphatic imine (C=N–C) groups is 1. The molecule has 3 aromatic carbocycles. The van der Waals surface area contributed by atoms with E-state index in [4.69, 9.17) is 14.2 Å². The molecule has 0 aromatic heterocycles. The Balaban J connectivity index is 1.54. The molecule has 0 bridgehead atoms. The number of carbonyl (C=O) groups is 1. The van der Waals surface area contributed by atoms with Crippen molar-refractivity contribution in [1.82, 2.24) is 0 Å². The van der Waals surface area contributed by atoms with Crippen LogP contribution in [0.1, 0.15) is 16.7 Å². The molecule has 0 atom stereocenters. The van der Waals surface area contributed by atoms with Gasteiger partial charge in [-0.2, -0.15) is 0 Å². The number of carbonyl (C=O) groups excluding carboxylic acids is 1. The van der Waals surface area contributed by atoms with Crippen LogP contribution in [0.3, 0.4) is 0 Å². The van der Waals surface area contributed by atoms with Crippen LogP contribution >= 0.6 is 38.5 Å². The molecule has 156 valence electrons. The first kappa shape index (κ1) is 21.6. The molecular formula is C24H17BrINO4. The quantitative estimate of drug-likeness (QED) is 0.201. The van der Waals surface area contributed by atoms with Crippen molar-refractivity contribution in [2.75, 3.05) is 7.11 Å². The number of benzene rings is 3. The summed E-state index contributed by atoms with van der Waals surface area (Å²) in [6.45, 7) is 0.434. The maximum atomic E-state index is 12.3. The topological polar surface area (TPSA) is 57.1 Å². The normalized spacial score (nSPS) is 14.4. The summed E-state index contributed by atoms with van der Waals surface area (Å²) in [5, 5.41) is 0. The van der Waals surface area contributed by atoms with Crippen LogP contribution < -0.4 is 9.47 Å². The molecule has 0 saturated carbocycles. The maximum absolute atomic E-state index is 12.3. The predicted molar refractivity (Wildman–Crippen MR) is 131 cm³/mol. The number of halogens is 2. The Morgan fingerprint density at radius 1 is 1.06 bits per heavy atom. The van der Waals surface area contributed by atoms with E-state index in [9.17, 15) is 4.79 Å². The highest BCUT2D eigenvalue weighted by molar-refractivity contribution is 14.1. The minimum atomic E-state index is -0.490. The number of ether oxygens (including phenoxy) is 3. The Bertz CT molecular complexity index is 1190. The van der Waals surface area contributed by atoms with Gasteiger partial charge >= 0.3 is 5.97 Å². The van der Waals surface area contributed by atoms with E-state index in [0.717, 1.165) is 24.7 Å². The number of rotatable bonds is 6. The first-order valence-electron chi connectivity index (χ1n) is 9.36. The van der Waals surface area contributed by atoms with Crippen LogP contribution in [-0.4, -0.2) is 19.0 Å². The SMILES string of the molecule is COc1cc(/C=C2\N=C(c3ccc(Br)cc3)OC2=O)ccc1OCc1ccccc1I. The van der Waals surface area contributed by atoms with Gasteiger partial charge in [0.1, 0.15) is 6.61 Å². The molecule has 4 rings (SSSR count). The van der Waals surface area contributed by atoms with E-state index in [-0.39, 0.29) is 11.6 Å². The minimum absolute atomic E-state index is 0.229. The number of nitrogens with zero attached hydrogens (tertiary/aromatic N) is 1. The second-order valence-corrected chi connectivity index (χ2v) is 8.71. The lowest BCUT2D eigenvalue weighted by Crippen LogP contribution is -2.05. The van der Waals surface area contributed by atoms with Crippen molar-refractivity contribution in [2.45, 2.75) is 6.61 Å². The van der Waals surface area contributed by atoms with Gasteiger partial charge in [0.25, 0.3) is 0 Å². The van der Waals surface area contributed by atoms with Crippen LogP contribution in [-0.2, 0) is 16.1 Å². The Labute approximate surface area is 202 Å². The number of hydrogen-bond donors (Lipinski definition) is 0. The van der Waals surface area contributed by atoms with Crippen LogP contribution in [0.4, 0.5) is 0 Å². The first-order valence-corrected chi connectivity index (χ1v) is 11.2. The van der Waals surface area contributed by atoms with E-state index in [0.29, 0.717) is 18.1 Å². The molecule has 0 spiro atoms. The molecule has 1 aliphatic rings. The Kier molecular flexibility index (Phi) is 6.72. The standard InChI is InChI=1S/C24H17BrINO4/c1-29-22-13-15(6-11-21(22)30-14-17-4-2-3-5-19(17)26)12-20-24(28)31-23(27-20)16-7-9-18(25)10-8-16/h2-13H,14H2,1H3/b20-12-. The molecule has 1 heterocycles. The molecule has 1 aliphatic heterocycles. The van der Waals surface area contributed by atoms with Gasteiger partial charge in [-0.05, 0) is 76.7 Å². The maximum Gasteiger partial charge on any atom is 0.363 e. The van der Waals surface area contributed by atoms with Crippen LogP contribution in [0.2, 0.25) is 0 Å². The Hall–Kier alpha value is -2.65. The number of methoxy groups -OCH3 is 1. The molecule has 0 fully saturated rings. The number of hydrogen-bond acceptors (Lipinski definition) is 5. The van der Waals surface area contributed by atoms with Gasteiger partial charge in [-0.15, -0.1) is 0 Å². The van der Waals surface area contributed by atoms with Crippen molar-refractivity contribution in [3.05, 3.63) is 97.2 Å². The molecule has 0 saturated heterocycles. The molecule has 3 aromatic rings. The lowest BCUT2D eigenvalue weighted by Gasteiger charge is -2.12. The Morgan fingerprint density at radius 2 is 1.84 bits per heavy atom. The molecule has 7 heteroatoms. The van der Waals surface area contributed by atoms with Gasteiger partial charge in [-0.25, -0.2) is 9.79 Å². The summed E-state index contributed by atoms with van der Waals surface area (Å²) in [5.74, 6) is 0.991. The summed E-state index contributed by atoms with van der Waals surface area (Å²) < 4.78 is 18.8. The zero-order valence-electron chi connectivity index (χ0n) is 16.5.